The molecule has 0 radical (unpaired) electrons. The van der Waals surface area contributed by atoms with Crippen LogP contribution in [0.1, 0.15) is 5.56 Å². The van der Waals surface area contributed by atoms with E-state index in [1.807, 2.05) is 24.1 Å². The summed E-state index contributed by atoms with van der Waals surface area (Å²) in [6.07, 6.45) is -0.817. The van der Waals surface area contributed by atoms with Crippen LogP contribution in [0.15, 0.2) is 42.5 Å². The summed E-state index contributed by atoms with van der Waals surface area (Å²) < 4.78 is 5.39. The molecule has 1 unspecified atom stereocenters. The van der Waals surface area contributed by atoms with E-state index < -0.39 is 11.0 Å². The van der Waals surface area contributed by atoms with Gasteiger partial charge in [-0.05, 0) is 24.7 Å². The van der Waals surface area contributed by atoms with Gasteiger partial charge in [0.2, 0.25) is 0 Å². The minimum atomic E-state index is -0.817. The van der Waals surface area contributed by atoms with Crippen LogP contribution in [0.25, 0.3) is 0 Å². The molecular weight excluding hydrogens is 367 g/mol. The van der Waals surface area contributed by atoms with Crippen molar-refractivity contribution in [1.82, 2.24) is 4.90 Å². The van der Waals surface area contributed by atoms with Crippen molar-refractivity contribution in [2.75, 3.05) is 20.2 Å². The minimum Gasteiger partial charge on any atom is -0.484 e. The maximum Gasteiger partial charge on any atom is 0.310 e. The van der Waals surface area contributed by atoms with Gasteiger partial charge in [0.25, 0.3) is 0 Å². The van der Waals surface area contributed by atoms with Gasteiger partial charge in [-0.25, -0.2) is 0 Å². The summed E-state index contributed by atoms with van der Waals surface area (Å²) in [5.74, 6) is 0.132. The number of aliphatic hydroxyl groups excluding tert-OH is 1. The molecular formula is C17H18Cl2N2O4. The molecule has 2 aromatic rings. The summed E-state index contributed by atoms with van der Waals surface area (Å²) in [7, 11) is 1.82. The number of nitro benzene ring substituents is 1. The lowest BCUT2D eigenvalue weighted by Crippen LogP contribution is -2.32. The quantitative estimate of drug-likeness (QED) is 0.553. The van der Waals surface area contributed by atoms with E-state index in [-0.39, 0.29) is 18.0 Å². The Morgan fingerprint density at radius 2 is 1.96 bits per heavy atom. The van der Waals surface area contributed by atoms with Crippen LogP contribution in [0.4, 0.5) is 5.69 Å². The van der Waals surface area contributed by atoms with Crippen LogP contribution in [0, 0.1) is 10.1 Å². The van der Waals surface area contributed by atoms with E-state index in [0.29, 0.717) is 23.1 Å². The molecule has 2 aromatic carbocycles. The Kier molecular flexibility index (Phi) is 7.01. The molecule has 0 saturated carbocycles. The molecule has 0 aliphatic rings. The van der Waals surface area contributed by atoms with Gasteiger partial charge < -0.3 is 9.84 Å². The average molecular weight is 385 g/mol. The molecule has 6 nitrogen and oxygen atoms in total. The summed E-state index contributed by atoms with van der Waals surface area (Å²) >= 11 is 12.1. The first-order chi connectivity index (χ1) is 11.9. The first-order valence-electron chi connectivity index (χ1n) is 7.54. The smallest absolute Gasteiger partial charge is 0.310 e. The Morgan fingerprint density at radius 1 is 1.24 bits per heavy atom. The fraction of sp³-hybridized carbons (Fsp3) is 0.294. The van der Waals surface area contributed by atoms with E-state index in [1.54, 1.807) is 18.2 Å². The van der Waals surface area contributed by atoms with E-state index in [2.05, 4.69) is 0 Å². The van der Waals surface area contributed by atoms with Gasteiger partial charge in [-0.1, -0.05) is 47.5 Å². The third-order valence-corrected chi connectivity index (χ3v) is 4.35. The Labute approximate surface area is 155 Å². The van der Waals surface area contributed by atoms with Crippen molar-refractivity contribution in [3.63, 3.8) is 0 Å². The van der Waals surface area contributed by atoms with E-state index >= 15 is 0 Å². The fourth-order valence-corrected chi connectivity index (χ4v) is 2.73. The second-order valence-corrected chi connectivity index (χ2v) is 6.38. The molecule has 25 heavy (non-hydrogen) atoms. The minimum absolute atomic E-state index is 0.0571. The number of ether oxygens (including phenoxy) is 1. The molecule has 0 spiro atoms. The summed E-state index contributed by atoms with van der Waals surface area (Å²) in [6, 6.07) is 11.4. The number of halogens is 2. The zero-order valence-corrected chi connectivity index (χ0v) is 15.1. The van der Waals surface area contributed by atoms with Crippen LogP contribution >= 0.6 is 23.2 Å². The molecule has 0 aromatic heterocycles. The fourth-order valence-electron chi connectivity index (χ4n) is 2.35. The summed E-state index contributed by atoms with van der Waals surface area (Å²) in [4.78, 5) is 12.3. The van der Waals surface area contributed by atoms with Crippen molar-refractivity contribution < 1.29 is 14.8 Å². The molecule has 134 valence electrons. The highest BCUT2D eigenvalue weighted by Gasteiger charge is 2.16. The maximum absolute atomic E-state index is 10.9. The number of nitro groups is 1. The van der Waals surface area contributed by atoms with Crippen LogP contribution in [-0.4, -0.2) is 41.2 Å². The van der Waals surface area contributed by atoms with Gasteiger partial charge in [-0.2, -0.15) is 0 Å². The normalized spacial score (nSPS) is 12.2. The number of rotatable bonds is 8. The molecule has 0 aliphatic heterocycles. The molecule has 0 bridgehead atoms. The highest BCUT2D eigenvalue weighted by molar-refractivity contribution is 6.42. The Hall–Kier alpha value is -1.86. The van der Waals surface area contributed by atoms with Crippen LogP contribution in [-0.2, 0) is 6.54 Å². The molecule has 0 saturated heterocycles. The lowest BCUT2D eigenvalue weighted by Gasteiger charge is -2.21. The molecule has 0 amide bonds. The van der Waals surface area contributed by atoms with Crippen LogP contribution in [0.2, 0.25) is 10.0 Å². The Bertz CT molecular complexity index is 742. The van der Waals surface area contributed by atoms with Gasteiger partial charge in [-0.15, -0.1) is 0 Å². The average Bonchev–Trinajstić information content (AvgIpc) is 2.57. The number of aliphatic hydroxyl groups is 1. The predicted molar refractivity (Wildman–Crippen MR) is 97.4 cm³/mol. The third-order valence-electron chi connectivity index (χ3n) is 3.49. The largest absolute Gasteiger partial charge is 0.484 e. The number of benzene rings is 2. The van der Waals surface area contributed by atoms with E-state index in [9.17, 15) is 15.2 Å². The summed E-state index contributed by atoms with van der Waals surface area (Å²) in [5, 5.41) is 22.0. The Morgan fingerprint density at radius 3 is 2.68 bits per heavy atom. The van der Waals surface area contributed by atoms with E-state index in [0.717, 1.165) is 5.56 Å². The van der Waals surface area contributed by atoms with Gasteiger partial charge in [0.15, 0.2) is 5.75 Å². The first kappa shape index (κ1) is 19.5. The second kappa shape index (κ2) is 9.01. The maximum atomic E-state index is 10.9. The number of hydrogen-bond donors (Lipinski definition) is 1. The van der Waals surface area contributed by atoms with Gasteiger partial charge in [-0.3, -0.25) is 15.0 Å². The zero-order valence-electron chi connectivity index (χ0n) is 13.6. The van der Waals surface area contributed by atoms with Gasteiger partial charge in [0.05, 0.1) is 15.0 Å². The van der Waals surface area contributed by atoms with E-state index in [1.165, 1.54) is 12.1 Å². The van der Waals surface area contributed by atoms with Crippen molar-refractivity contribution >= 4 is 28.9 Å². The third kappa shape index (κ3) is 5.57. The standard InChI is InChI=1S/C17H18Cl2N2O4/c1-20(9-12-5-4-6-14(18)17(12)19)10-13(22)11-25-16-8-3-2-7-15(16)21(23)24/h2-8,13,22H,9-11H2,1H3. The van der Waals surface area contributed by atoms with Crippen LogP contribution < -0.4 is 4.74 Å². The van der Waals surface area contributed by atoms with Gasteiger partial charge >= 0.3 is 5.69 Å². The highest BCUT2D eigenvalue weighted by Crippen LogP contribution is 2.27. The molecule has 0 fully saturated rings. The highest BCUT2D eigenvalue weighted by atomic mass is 35.5. The number of nitrogens with zero attached hydrogens (tertiary/aromatic N) is 2. The lowest BCUT2D eigenvalue weighted by atomic mass is 10.2. The predicted octanol–water partition coefficient (Wildman–Crippen LogP) is 3.77. The second-order valence-electron chi connectivity index (χ2n) is 5.60. The summed E-state index contributed by atoms with van der Waals surface area (Å²) in [5.41, 5.74) is 0.720. The monoisotopic (exact) mass is 384 g/mol. The van der Waals surface area contributed by atoms with Crippen LogP contribution in [0.3, 0.4) is 0 Å². The number of para-hydroxylation sites is 2. The number of likely N-dealkylation sites (N-methyl/N-ethyl adjacent to an activating group) is 1. The van der Waals surface area contributed by atoms with E-state index in [4.69, 9.17) is 27.9 Å². The Balaban J connectivity index is 1.89. The molecule has 0 aliphatic carbocycles. The molecule has 1 N–H and O–H groups in total. The molecule has 0 heterocycles. The van der Waals surface area contributed by atoms with Crippen molar-refractivity contribution in [3.05, 3.63) is 68.2 Å². The zero-order chi connectivity index (χ0) is 18.4. The topological polar surface area (TPSA) is 75.8 Å². The number of hydrogen-bond acceptors (Lipinski definition) is 5. The molecule has 1 atom stereocenters. The first-order valence-corrected chi connectivity index (χ1v) is 8.29. The van der Waals surface area contributed by atoms with Crippen molar-refractivity contribution in [3.8, 4) is 5.75 Å². The van der Waals surface area contributed by atoms with Crippen molar-refractivity contribution in [2.45, 2.75) is 12.6 Å². The SMILES string of the molecule is CN(Cc1cccc(Cl)c1Cl)CC(O)COc1ccccc1[N+](=O)[O-]. The lowest BCUT2D eigenvalue weighted by molar-refractivity contribution is -0.385. The molecule has 2 rings (SSSR count). The van der Waals surface area contributed by atoms with Crippen molar-refractivity contribution in [2.24, 2.45) is 0 Å². The van der Waals surface area contributed by atoms with Gasteiger partial charge in [0, 0.05) is 19.2 Å². The van der Waals surface area contributed by atoms with Crippen LogP contribution in [0.5, 0.6) is 5.75 Å². The van der Waals surface area contributed by atoms with Gasteiger partial charge in [0.1, 0.15) is 12.7 Å². The van der Waals surface area contributed by atoms with Crippen molar-refractivity contribution in [1.29, 1.82) is 0 Å². The molecule has 8 heteroatoms. The summed E-state index contributed by atoms with van der Waals surface area (Å²) in [6.45, 7) is 0.754.